The monoisotopic (exact) mass is 578 g/mol. The maximum atomic E-state index is 12.2. The Morgan fingerprint density at radius 2 is 1.41 bits per heavy atom. The van der Waals surface area contributed by atoms with Crippen molar-refractivity contribution in [1.29, 1.82) is 0 Å². The van der Waals surface area contributed by atoms with Crippen LogP contribution in [0.4, 0.5) is 0 Å². The van der Waals surface area contributed by atoms with Crippen molar-refractivity contribution in [1.82, 2.24) is 0 Å². The number of rotatable bonds is 7. The van der Waals surface area contributed by atoms with Gasteiger partial charge in [0, 0.05) is 0 Å². The summed E-state index contributed by atoms with van der Waals surface area (Å²) in [7, 11) is 0. The van der Waals surface area contributed by atoms with Crippen LogP contribution in [0.2, 0.25) is 0 Å². The first-order valence-electron chi connectivity index (χ1n) is 17.0. The lowest BCUT2D eigenvalue weighted by atomic mass is 9.31. The summed E-state index contributed by atoms with van der Waals surface area (Å²) >= 11 is 0. The molecule has 0 aliphatic heterocycles. The standard InChI is InChI=1S/C35H62O6/c1-20(9-10-23(37)28(41)26(40)19-36)21-11-15-32(4)22(21)12-16-34(6)27(32)17-24(38)30-33(5)14-8-13-31(2,3)29(33)25(39)18-35(30,34)7/h20-30,36-41H,8-19H2,1-7H3/t20?,21-,22+,23-,24-,25+,26+,27-,28-,29+,30-,32+,33+,34-,35-/m1/s1. The van der Waals surface area contributed by atoms with Gasteiger partial charge in [0.1, 0.15) is 12.2 Å². The highest BCUT2D eigenvalue weighted by Gasteiger charge is 2.73. The summed E-state index contributed by atoms with van der Waals surface area (Å²) in [5.74, 6) is 2.35. The summed E-state index contributed by atoms with van der Waals surface area (Å²) in [5, 5.41) is 63.6. The van der Waals surface area contributed by atoms with Gasteiger partial charge in [0.05, 0.1) is 24.9 Å². The third-order valence-corrected chi connectivity index (χ3v) is 15.2. The second-order valence-corrected chi connectivity index (χ2v) is 17.5. The van der Waals surface area contributed by atoms with E-state index in [2.05, 4.69) is 48.5 Å². The quantitative estimate of drug-likeness (QED) is 0.255. The van der Waals surface area contributed by atoms with Crippen LogP contribution in [0.3, 0.4) is 0 Å². The summed E-state index contributed by atoms with van der Waals surface area (Å²) in [5.41, 5.74) is 0.127. The fourth-order valence-electron chi connectivity index (χ4n) is 13.4. The Morgan fingerprint density at radius 1 is 0.732 bits per heavy atom. The SMILES string of the molecule is CC(CC[C@@H](O)[C@@H](O)[C@@H](O)CO)[C@H]1CC[C@]2(C)[C@H]3C[C@@H](O)[C@@H]4[C@@]5(C)CCCC(C)(C)[C@@H]5[C@@H](O)C[C@@]4(C)[C@]3(C)CC[C@@H]12. The molecule has 1 unspecified atom stereocenters. The third-order valence-electron chi connectivity index (χ3n) is 15.2. The zero-order chi connectivity index (χ0) is 30.3. The van der Waals surface area contributed by atoms with Crippen LogP contribution in [-0.4, -0.2) is 67.8 Å². The van der Waals surface area contributed by atoms with Crippen LogP contribution in [0.5, 0.6) is 0 Å². The van der Waals surface area contributed by atoms with Crippen LogP contribution in [-0.2, 0) is 0 Å². The number of hydrogen-bond acceptors (Lipinski definition) is 6. The molecular weight excluding hydrogens is 516 g/mol. The highest BCUT2D eigenvalue weighted by atomic mass is 16.4. The molecule has 0 amide bonds. The van der Waals surface area contributed by atoms with Gasteiger partial charge in [0.15, 0.2) is 0 Å². The highest BCUT2D eigenvalue weighted by Crippen LogP contribution is 2.78. The summed E-state index contributed by atoms with van der Waals surface area (Å²) < 4.78 is 0. The summed E-state index contributed by atoms with van der Waals surface area (Å²) in [6.45, 7) is 16.3. The minimum absolute atomic E-state index is 0.0545. The molecule has 0 saturated heterocycles. The van der Waals surface area contributed by atoms with Gasteiger partial charge < -0.3 is 30.6 Å². The van der Waals surface area contributed by atoms with Gasteiger partial charge in [-0.05, 0) is 127 Å². The number of fused-ring (bicyclic) bond motifs is 7. The Bertz CT molecular complexity index is 955. The molecule has 6 nitrogen and oxygen atoms in total. The fraction of sp³-hybridized carbons (Fsp3) is 1.00. The second kappa shape index (κ2) is 10.7. The zero-order valence-electron chi connectivity index (χ0n) is 27.0. The Labute approximate surface area is 249 Å². The van der Waals surface area contributed by atoms with Crippen LogP contribution in [0.15, 0.2) is 0 Å². The van der Waals surface area contributed by atoms with E-state index in [0.29, 0.717) is 30.1 Å². The van der Waals surface area contributed by atoms with E-state index in [0.717, 1.165) is 51.4 Å². The van der Waals surface area contributed by atoms with E-state index < -0.39 is 24.9 Å². The molecule has 5 rings (SSSR count). The highest BCUT2D eigenvalue weighted by molar-refractivity contribution is 5.22. The van der Waals surface area contributed by atoms with Gasteiger partial charge in [-0.15, -0.1) is 0 Å². The Balaban J connectivity index is 1.38. The molecule has 5 fully saturated rings. The molecule has 0 aromatic carbocycles. The molecule has 5 aliphatic carbocycles. The molecule has 5 saturated carbocycles. The Kier molecular flexibility index (Phi) is 8.38. The molecule has 41 heavy (non-hydrogen) atoms. The van der Waals surface area contributed by atoms with E-state index in [1.807, 2.05) is 0 Å². The molecule has 15 atom stereocenters. The maximum Gasteiger partial charge on any atom is 0.108 e. The Hall–Kier alpha value is -0.240. The van der Waals surface area contributed by atoms with E-state index in [1.165, 1.54) is 12.8 Å². The van der Waals surface area contributed by atoms with Gasteiger partial charge in [-0.2, -0.15) is 0 Å². The fourth-order valence-corrected chi connectivity index (χ4v) is 13.4. The van der Waals surface area contributed by atoms with Crippen molar-refractivity contribution in [3.63, 3.8) is 0 Å². The summed E-state index contributed by atoms with van der Waals surface area (Å²) in [6, 6.07) is 0. The molecule has 0 spiro atoms. The lowest BCUT2D eigenvalue weighted by molar-refractivity contribution is -0.294. The van der Waals surface area contributed by atoms with Gasteiger partial charge in [0.2, 0.25) is 0 Å². The van der Waals surface area contributed by atoms with Gasteiger partial charge in [-0.3, -0.25) is 0 Å². The van der Waals surface area contributed by atoms with Crippen molar-refractivity contribution in [2.75, 3.05) is 6.61 Å². The molecule has 238 valence electrons. The van der Waals surface area contributed by atoms with Crippen molar-refractivity contribution in [3.8, 4) is 0 Å². The van der Waals surface area contributed by atoms with E-state index in [-0.39, 0.29) is 51.1 Å². The predicted molar refractivity (Wildman–Crippen MR) is 161 cm³/mol. The molecule has 0 heterocycles. The van der Waals surface area contributed by atoms with Crippen molar-refractivity contribution < 1.29 is 30.6 Å². The third kappa shape index (κ3) is 4.62. The molecule has 5 aliphatic rings. The normalized spacial score (nSPS) is 51.9. The van der Waals surface area contributed by atoms with Crippen LogP contribution >= 0.6 is 0 Å². The number of hydrogen-bond donors (Lipinski definition) is 6. The van der Waals surface area contributed by atoms with Crippen LogP contribution in [0.1, 0.15) is 119 Å². The maximum absolute atomic E-state index is 12.2. The average Bonchev–Trinajstić information content (AvgIpc) is 3.23. The molecule has 0 bridgehead atoms. The lowest BCUT2D eigenvalue weighted by Gasteiger charge is -2.74. The van der Waals surface area contributed by atoms with Crippen LogP contribution in [0.25, 0.3) is 0 Å². The van der Waals surface area contributed by atoms with Crippen molar-refractivity contribution in [2.24, 2.45) is 62.6 Å². The number of aliphatic hydroxyl groups is 6. The van der Waals surface area contributed by atoms with Gasteiger partial charge in [0.25, 0.3) is 0 Å². The molecule has 0 radical (unpaired) electrons. The molecule has 6 N–H and O–H groups in total. The molecule has 0 aromatic rings. The van der Waals surface area contributed by atoms with Crippen LogP contribution < -0.4 is 0 Å². The summed E-state index contributed by atoms with van der Waals surface area (Å²) in [4.78, 5) is 0. The van der Waals surface area contributed by atoms with Gasteiger partial charge >= 0.3 is 0 Å². The first-order valence-corrected chi connectivity index (χ1v) is 17.0. The van der Waals surface area contributed by atoms with Crippen molar-refractivity contribution in [3.05, 3.63) is 0 Å². The van der Waals surface area contributed by atoms with Gasteiger partial charge in [-0.1, -0.05) is 54.9 Å². The minimum Gasteiger partial charge on any atom is -0.394 e. The van der Waals surface area contributed by atoms with E-state index >= 15 is 0 Å². The van der Waals surface area contributed by atoms with Gasteiger partial charge in [-0.25, -0.2) is 0 Å². The largest absolute Gasteiger partial charge is 0.394 e. The molecule has 6 heteroatoms. The topological polar surface area (TPSA) is 121 Å². The lowest BCUT2D eigenvalue weighted by Crippen LogP contribution is -2.71. The number of aliphatic hydroxyl groups excluding tert-OH is 6. The second-order valence-electron chi connectivity index (χ2n) is 17.5. The smallest absolute Gasteiger partial charge is 0.108 e. The first kappa shape index (κ1) is 32.2. The predicted octanol–water partition coefficient (Wildman–Crippen LogP) is 4.91. The zero-order valence-corrected chi connectivity index (χ0v) is 27.0. The van der Waals surface area contributed by atoms with E-state index in [4.69, 9.17) is 5.11 Å². The first-order chi connectivity index (χ1) is 19.0. The van der Waals surface area contributed by atoms with Crippen molar-refractivity contribution in [2.45, 2.75) is 150 Å². The van der Waals surface area contributed by atoms with Crippen molar-refractivity contribution >= 4 is 0 Å². The summed E-state index contributed by atoms with van der Waals surface area (Å²) in [6.07, 6.45) is 6.56. The average molecular weight is 579 g/mol. The van der Waals surface area contributed by atoms with E-state index in [1.54, 1.807) is 0 Å². The van der Waals surface area contributed by atoms with E-state index in [9.17, 15) is 25.5 Å². The minimum atomic E-state index is -1.32. The molecule has 0 aromatic heterocycles. The Morgan fingerprint density at radius 3 is 2.07 bits per heavy atom. The van der Waals surface area contributed by atoms with Crippen LogP contribution in [0, 0.1) is 62.6 Å². The molecular formula is C35H62O6.